The van der Waals surface area contributed by atoms with Gasteiger partial charge in [0.1, 0.15) is 5.60 Å². The molecule has 0 aliphatic heterocycles. The normalized spacial score (nSPS) is 44.8. The van der Waals surface area contributed by atoms with Crippen molar-refractivity contribution in [1.82, 2.24) is 0 Å². The van der Waals surface area contributed by atoms with Crippen molar-refractivity contribution in [2.24, 2.45) is 5.92 Å². The molecule has 0 radical (unpaired) electrons. The minimum absolute atomic E-state index is 0.263. The SMILES string of the molecule is CC(=O)OC12CCCC1CC2O. The van der Waals surface area contributed by atoms with Crippen molar-refractivity contribution in [3.05, 3.63) is 0 Å². The lowest BCUT2D eigenvalue weighted by molar-refractivity contribution is -0.211. The lowest BCUT2D eigenvalue weighted by atomic mass is 9.69. The van der Waals surface area contributed by atoms with Gasteiger partial charge in [-0.05, 0) is 25.7 Å². The molecule has 68 valence electrons. The van der Waals surface area contributed by atoms with E-state index in [9.17, 15) is 9.90 Å². The third-order valence-corrected chi connectivity index (χ3v) is 3.22. The van der Waals surface area contributed by atoms with Gasteiger partial charge < -0.3 is 9.84 Å². The molecule has 3 unspecified atom stereocenters. The molecule has 0 heterocycles. The van der Waals surface area contributed by atoms with E-state index < -0.39 is 11.7 Å². The van der Waals surface area contributed by atoms with Crippen molar-refractivity contribution >= 4 is 5.97 Å². The Morgan fingerprint density at radius 3 is 2.92 bits per heavy atom. The molecule has 1 N–H and O–H groups in total. The summed E-state index contributed by atoms with van der Waals surface area (Å²) in [6.45, 7) is 1.41. The summed E-state index contributed by atoms with van der Waals surface area (Å²) < 4.78 is 5.22. The highest BCUT2D eigenvalue weighted by atomic mass is 16.6. The third kappa shape index (κ3) is 0.891. The molecule has 2 saturated carbocycles. The fourth-order valence-electron chi connectivity index (χ4n) is 2.61. The maximum absolute atomic E-state index is 10.8. The van der Waals surface area contributed by atoms with Gasteiger partial charge in [-0.25, -0.2) is 0 Å². The highest BCUT2D eigenvalue weighted by molar-refractivity contribution is 5.67. The topological polar surface area (TPSA) is 46.5 Å². The molecule has 2 aliphatic carbocycles. The first-order chi connectivity index (χ1) is 5.65. The standard InChI is InChI=1S/C9H14O3/c1-6(10)12-9-4-2-3-7(9)5-8(9)11/h7-8,11H,2-5H2,1H3. The molecule has 0 aromatic carbocycles. The van der Waals surface area contributed by atoms with Gasteiger partial charge in [0.25, 0.3) is 0 Å². The van der Waals surface area contributed by atoms with Crippen LogP contribution in [0, 0.1) is 5.92 Å². The Morgan fingerprint density at radius 1 is 1.67 bits per heavy atom. The maximum Gasteiger partial charge on any atom is 0.303 e. The number of hydrogen-bond donors (Lipinski definition) is 1. The van der Waals surface area contributed by atoms with Gasteiger partial charge in [-0.1, -0.05) is 0 Å². The summed E-state index contributed by atoms with van der Waals surface area (Å²) in [5.74, 6) is 0.164. The average molecular weight is 170 g/mol. The summed E-state index contributed by atoms with van der Waals surface area (Å²) in [4.78, 5) is 10.8. The molecule has 0 amide bonds. The second kappa shape index (κ2) is 2.46. The highest BCUT2D eigenvalue weighted by Crippen LogP contribution is 2.53. The van der Waals surface area contributed by atoms with Crippen molar-refractivity contribution < 1.29 is 14.6 Å². The highest BCUT2D eigenvalue weighted by Gasteiger charge is 2.59. The van der Waals surface area contributed by atoms with E-state index >= 15 is 0 Å². The molecule has 0 saturated heterocycles. The first-order valence-electron chi connectivity index (χ1n) is 4.53. The number of esters is 1. The van der Waals surface area contributed by atoms with Gasteiger partial charge in [0, 0.05) is 12.8 Å². The van der Waals surface area contributed by atoms with Gasteiger partial charge in [0.05, 0.1) is 6.10 Å². The van der Waals surface area contributed by atoms with Crippen LogP contribution in [0.25, 0.3) is 0 Å². The summed E-state index contributed by atoms with van der Waals surface area (Å²) in [6.07, 6.45) is 3.43. The predicted molar refractivity (Wildman–Crippen MR) is 42.5 cm³/mol. The minimum Gasteiger partial charge on any atom is -0.456 e. The van der Waals surface area contributed by atoms with Crippen LogP contribution in [0.1, 0.15) is 32.6 Å². The quantitative estimate of drug-likeness (QED) is 0.593. The molecule has 3 heteroatoms. The van der Waals surface area contributed by atoms with Gasteiger partial charge in [-0.15, -0.1) is 0 Å². The zero-order chi connectivity index (χ0) is 8.77. The fraction of sp³-hybridized carbons (Fsp3) is 0.889. The van der Waals surface area contributed by atoms with Gasteiger partial charge in [0.2, 0.25) is 0 Å². The Balaban J connectivity index is 2.11. The van der Waals surface area contributed by atoms with E-state index in [1.54, 1.807) is 0 Å². The van der Waals surface area contributed by atoms with Crippen molar-refractivity contribution in [1.29, 1.82) is 0 Å². The van der Waals surface area contributed by atoms with E-state index in [0.29, 0.717) is 5.92 Å². The van der Waals surface area contributed by atoms with Crippen molar-refractivity contribution in [3.63, 3.8) is 0 Å². The number of aliphatic hydroxyl groups excluding tert-OH is 1. The molecule has 0 bridgehead atoms. The molecule has 2 fully saturated rings. The summed E-state index contributed by atoms with van der Waals surface area (Å²) in [5, 5.41) is 9.54. The second-order valence-corrected chi connectivity index (χ2v) is 3.89. The molecular weight excluding hydrogens is 156 g/mol. The first kappa shape index (κ1) is 8.05. The summed E-state index contributed by atoms with van der Waals surface area (Å²) in [7, 11) is 0. The molecule has 2 rings (SSSR count). The first-order valence-corrected chi connectivity index (χ1v) is 4.53. The number of carbonyl (C=O) groups excluding carboxylic acids is 1. The number of fused-ring (bicyclic) bond motifs is 1. The number of hydrogen-bond acceptors (Lipinski definition) is 3. The van der Waals surface area contributed by atoms with E-state index in [-0.39, 0.29) is 5.97 Å². The number of aliphatic hydroxyl groups is 1. The predicted octanol–water partition coefficient (Wildman–Crippen LogP) is 0.853. The molecule has 0 spiro atoms. The van der Waals surface area contributed by atoms with Crippen LogP contribution in [-0.2, 0) is 9.53 Å². The van der Waals surface area contributed by atoms with Gasteiger partial charge in [-0.2, -0.15) is 0 Å². The summed E-state index contributed by atoms with van der Waals surface area (Å²) in [6, 6.07) is 0. The Labute approximate surface area is 71.7 Å². The third-order valence-electron chi connectivity index (χ3n) is 3.22. The van der Waals surface area contributed by atoms with Crippen molar-refractivity contribution in [2.45, 2.75) is 44.3 Å². The smallest absolute Gasteiger partial charge is 0.303 e. The monoisotopic (exact) mass is 170 g/mol. The summed E-state index contributed by atoms with van der Waals surface area (Å²) in [5.41, 5.74) is -0.480. The zero-order valence-electron chi connectivity index (χ0n) is 7.25. The van der Waals surface area contributed by atoms with E-state index in [1.807, 2.05) is 0 Å². The van der Waals surface area contributed by atoms with E-state index in [1.165, 1.54) is 6.92 Å². The van der Waals surface area contributed by atoms with Crippen LogP contribution in [0.2, 0.25) is 0 Å². The largest absolute Gasteiger partial charge is 0.456 e. The fourth-order valence-corrected chi connectivity index (χ4v) is 2.61. The Kier molecular flexibility index (Phi) is 1.65. The van der Waals surface area contributed by atoms with Gasteiger partial charge in [0.15, 0.2) is 0 Å². The van der Waals surface area contributed by atoms with Crippen molar-refractivity contribution in [2.75, 3.05) is 0 Å². The number of ether oxygens (including phenoxy) is 1. The number of carbonyl (C=O) groups is 1. The Morgan fingerprint density at radius 2 is 2.42 bits per heavy atom. The van der Waals surface area contributed by atoms with Crippen LogP contribution in [0.3, 0.4) is 0 Å². The molecule has 2 aliphatic rings. The summed E-state index contributed by atoms with van der Waals surface area (Å²) >= 11 is 0. The lowest BCUT2D eigenvalue weighted by Gasteiger charge is -2.48. The van der Waals surface area contributed by atoms with Crippen LogP contribution in [0.4, 0.5) is 0 Å². The molecule has 12 heavy (non-hydrogen) atoms. The van der Waals surface area contributed by atoms with E-state index in [2.05, 4.69) is 0 Å². The molecule has 3 nitrogen and oxygen atoms in total. The maximum atomic E-state index is 10.8. The van der Waals surface area contributed by atoms with E-state index in [0.717, 1.165) is 25.7 Å². The van der Waals surface area contributed by atoms with Crippen LogP contribution in [0.15, 0.2) is 0 Å². The molecular formula is C9H14O3. The van der Waals surface area contributed by atoms with Crippen LogP contribution in [-0.4, -0.2) is 22.8 Å². The Hall–Kier alpha value is -0.570. The molecule has 0 aromatic heterocycles. The second-order valence-electron chi connectivity index (χ2n) is 3.89. The van der Waals surface area contributed by atoms with E-state index in [4.69, 9.17) is 4.74 Å². The molecule has 3 atom stereocenters. The van der Waals surface area contributed by atoms with Gasteiger partial charge >= 0.3 is 5.97 Å². The average Bonchev–Trinajstić information content (AvgIpc) is 2.28. The van der Waals surface area contributed by atoms with Crippen LogP contribution < -0.4 is 0 Å². The number of rotatable bonds is 1. The lowest BCUT2D eigenvalue weighted by Crippen LogP contribution is -2.58. The zero-order valence-corrected chi connectivity index (χ0v) is 7.25. The van der Waals surface area contributed by atoms with Crippen LogP contribution in [0.5, 0.6) is 0 Å². The Bertz CT molecular complexity index is 214. The van der Waals surface area contributed by atoms with Crippen LogP contribution >= 0.6 is 0 Å². The molecule has 0 aromatic rings. The van der Waals surface area contributed by atoms with Gasteiger partial charge in [-0.3, -0.25) is 4.79 Å². The minimum atomic E-state index is -0.480. The van der Waals surface area contributed by atoms with Crippen molar-refractivity contribution in [3.8, 4) is 0 Å².